The molecular formula is C23H18FN5O. The molecule has 0 unspecified atom stereocenters. The Morgan fingerprint density at radius 1 is 1.10 bits per heavy atom. The first kappa shape index (κ1) is 19.2. The van der Waals surface area contributed by atoms with Crippen LogP contribution in [0, 0.1) is 17.1 Å². The van der Waals surface area contributed by atoms with Gasteiger partial charge in [-0.15, -0.1) is 0 Å². The van der Waals surface area contributed by atoms with Crippen LogP contribution in [0.2, 0.25) is 0 Å². The molecule has 6 nitrogen and oxygen atoms in total. The van der Waals surface area contributed by atoms with Crippen molar-refractivity contribution in [3.8, 4) is 17.6 Å². The molecule has 0 saturated heterocycles. The summed E-state index contributed by atoms with van der Waals surface area (Å²) in [6.45, 7) is 0.362. The molecule has 0 aliphatic rings. The minimum atomic E-state index is -0.432. The predicted octanol–water partition coefficient (Wildman–Crippen LogP) is 3.95. The Morgan fingerprint density at radius 3 is 2.47 bits per heavy atom. The Labute approximate surface area is 173 Å². The van der Waals surface area contributed by atoms with Crippen LogP contribution >= 0.6 is 0 Å². The smallest absolute Gasteiger partial charge is 0.259 e. The quantitative estimate of drug-likeness (QED) is 0.510. The predicted molar refractivity (Wildman–Crippen MR) is 110 cm³/mol. The molecule has 2 aromatic carbocycles. The molecule has 148 valence electrons. The summed E-state index contributed by atoms with van der Waals surface area (Å²) in [5.74, 6) is -0.216. The van der Waals surface area contributed by atoms with Crippen LogP contribution in [-0.4, -0.2) is 32.2 Å². The molecule has 0 atom stereocenters. The maximum atomic E-state index is 14.4. The van der Waals surface area contributed by atoms with Crippen molar-refractivity contribution in [1.29, 1.82) is 5.26 Å². The highest BCUT2D eigenvalue weighted by atomic mass is 19.1. The molecule has 0 fully saturated rings. The first-order valence-corrected chi connectivity index (χ1v) is 9.29. The Hall–Kier alpha value is -4.18. The number of carbonyl (C=O) groups excluding carboxylic acids is 1. The highest BCUT2D eigenvalue weighted by molar-refractivity contribution is 5.97. The third-order valence-corrected chi connectivity index (χ3v) is 4.75. The van der Waals surface area contributed by atoms with Crippen molar-refractivity contribution in [3.05, 3.63) is 102 Å². The Balaban J connectivity index is 1.70. The van der Waals surface area contributed by atoms with Crippen molar-refractivity contribution in [1.82, 2.24) is 19.2 Å². The number of carbonyl (C=O) groups is 1. The number of nitrogens with zero attached hydrogens (tertiary/aromatic N) is 5. The zero-order valence-electron chi connectivity index (χ0n) is 16.2. The van der Waals surface area contributed by atoms with Crippen LogP contribution in [0.5, 0.6) is 0 Å². The van der Waals surface area contributed by atoms with Gasteiger partial charge in [-0.25, -0.2) is 9.07 Å². The molecule has 4 rings (SSSR count). The van der Waals surface area contributed by atoms with Gasteiger partial charge in [0.25, 0.3) is 5.91 Å². The molecule has 1 amide bonds. The number of hydrogen-bond donors (Lipinski definition) is 0. The highest BCUT2D eigenvalue weighted by Crippen LogP contribution is 2.23. The second-order valence-corrected chi connectivity index (χ2v) is 6.81. The molecule has 2 aromatic heterocycles. The third kappa shape index (κ3) is 3.59. The zero-order chi connectivity index (χ0) is 21.1. The van der Waals surface area contributed by atoms with E-state index in [0.717, 1.165) is 5.56 Å². The second kappa shape index (κ2) is 8.05. The van der Waals surface area contributed by atoms with E-state index in [1.807, 2.05) is 24.3 Å². The van der Waals surface area contributed by atoms with E-state index in [1.165, 1.54) is 16.9 Å². The lowest BCUT2D eigenvalue weighted by Gasteiger charge is -2.18. The van der Waals surface area contributed by atoms with Crippen molar-refractivity contribution < 1.29 is 9.18 Å². The van der Waals surface area contributed by atoms with Gasteiger partial charge >= 0.3 is 0 Å². The second-order valence-electron chi connectivity index (χ2n) is 6.81. The summed E-state index contributed by atoms with van der Waals surface area (Å²) in [4.78, 5) is 14.8. The van der Waals surface area contributed by atoms with Gasteiger partial charge in [0.15, 0.2) is 5.82 Å². The van der Waals surface area contributed by atoms with Crippen molar-refractivity contribution in [2.45, 2.75) is 6.54 Å². The van der Waals surface area contributed by atoms with Crippen LogP contribution < -0.4 is 0 Å². The van der Waals surface area contributed by atoms with Crippen LogP contribution in [0.1, 0.15) is 21.5 Å². The summed E-state index contributed by atoms with van der Waals surface area (Å²) in [7, 11) is 1.69. The minimum Gasteiger partial charge on any atom is -0.337 e. The summed E-state index contributed by atoms with van der Waals surface area (Å²) in [6, 6.07) is 19.1. The lowest BCUT2D eigenvalue weighted by molar-refractivity contribution is 0.0785. The van der Waals surface area contributed by atoms with E-state index < -0.39 is 5.82 Å². The molecule has 2 heterocycles. The lowest BCUT2D eigenvalue weighted by Crippen LogP contribution is -2.27. The monoisotopic (exact) mass is 399 g/mol. The number of para-hydroxylation sites is 1. The molecule has 4 aromatic rings. The van der Waals surface area contributed by atoms with Crippen molar-refractivity contribution >= 4 is 5.91 Å². The SMILES string of the molecule is CN(Cc1ccc(C#N)cc1)C(=O)c1cnn(-c2ccccc2F)c1-n1cccc1. The van der Waals surface area contributed by atoms with Crippen LogP contribution in [0.15, 0.2) is 79.3 Å². The number of amides is 1. The molecule has 0 radical (unpaired) electrons. The fourth-order valence-corrected chi connectivity index (χ4v) is 3.25. The van der Waals surface area contributed by atoms with E-state index >= 15 is 0 Å². The van der Waals surface area contributed by atoms with Crippen LogP contribution in [0.25, 0.3) is 11.5 Å². The number of aromatic nitrogens is 3. The normalized spacial score (nSPS) is 10.6. The van der Waals surface area contributed by atoms with Crippen molar-refractivity contribution in [3.63, 3.8) is 0 Å². The fraction of sp³-hybridized carbons (Fsp3) is 0.0870. The Kier molecular flexibility index (Phi) is 5.14. The van der Waals surface area contributed by atoms with Crippen LogP contribution in [0.4, 0.5) is 4.39 Å². The van der Waals surface area contributed by atoms with E-state index in [1.54, 1.807) is 59.2 Å². The Bertz CT molecular complexity index is 1220. The maximum Gasteiger partial charge on any atom is 0.259 e. The van der Waals surface area contributed by atoms with Crippen molar-refractivity contribution in [2.75, 3.05) is 7.05 Å². The van der Waals surface area contributed by atoms with E-state index in [0.29, 0.717) is 23.5 Å². The number of halogens is 1. The summed E-state index contributed by atoms with van der Waals surface area (Å²) in [6.07, 6.45) is 5.02. The largest absolute Gasteiger partial charge is 0.337 e. The third-order valence-electron chi connectivity index (χ3n) is 4.75. The molecule has 0 aliphatic carbocycles. The molecule has 0 aliphatic heterocycles. The molecule has 7 heteroatoms. The van der Waals surface area contributed by atoms with E-state index in [-0.39, 0.29) is 11.6 Å². The topological polar surface area (TPSA) is 66.8 Å². The van der Waals surface area contributed by atoms with E-state index in [4.69, 9.17) is 5.26 Å². The van der Waals surface area contributed by atoms with E-state index in [9.17, 15) is 9.18 Å². The molecule has 0 spiro atoms. The van der Waals surface area contributed by atoms with Crippen LogP contribution in [0.3, 0.4) is 0 Å². The summed E-state index contributed by atoms with van der Waals surface area (Å²) >= 11 is 0. The Morgan fingerprint density at radius 2 is 1.80 bits per heavy atom. The van der Waals surface area contributed by atoms with Gasteiger partial charge in [-0.1, -0.05) is 24.3 Å². The van der Waals surface area contributed by atoms with Crippen LogP contribution in [-0.2, 0) is 6.54 Å². The van der Waals surface area contributed by atoms with Gasteiger partial charge in [-0.05, 0) is 42.0 Å². The molecule has 30 heavy (non-hydrogen) atoms. The number of rotatable bonds is 5. The summed E-state index contributed by atoms with van der Waals surface area (Å²) in [5, 5.41) is 13.2. The van der Waals surface area contributed by atoms with Gasteiger partial charge in [-0.2, -0.15) is 10.4 Å². The molecule has 0 bridgehead atoms. The molecular weight excluding hydrogens is 381 g/mol. The van der Waals surface area contributed by atoms with Gasteiger partial charge < -0.3 is 9.47 Å². The lowest BCUT2D eigenvalue weighted by atomic mass is 10.1. The van der Waals surface area contributed by atoms with Gasteiger partial charge in [0, 0.05) is 26.0 Å². The average Bonchev–Trinajstić information content (AvgIpc) is 3.43. The molecule has 0 saturated carbocycles. The zero-order valence-corrected chi connectivity index (χ0v) is 16.2. The molecule has 0 N–H and O–H groups in total. The van der Waals surface area contributed by atoms with Gasteiger partial charge in [0.1, 0.15) is 17.1 Å². The van der Waals surface area contributed by atoms with Crippen molar-refractivity contribution in [2.24, 2.45) is 0 Å². The number of hydrogen-bond acceptors (Lipinski definition) is 3. The maximum absolute atomic E-state index is 14.4. The minimum absolute atomic E-state index is 0.245. The standard InChI is InChI=1S/C23H18FN5O/c1-27(16-18-10-8-17(14-25)9-11-18)23(30)19-15-26-29(21-7-3-2-6-20(21)24)22(19)28-12-4-5-13-28/h2-13,15H,16H2,1H3. The van der Waals surface area contributed by atoms with Gasteiger partial charge in [-0.3, -0.25) is 4.79 Å². The van der Waals surface area contributed by atoms with E-state index in [2.05, 4.69) is 11.2 Å². The number of benzene rings is 2. The summed E-state index contributed by atoms with van der Waals surface area (Å²) in [5.41, 5.74) is 2.07. The fourth-order valence-electron chi connectivity index (χ4n) is 3.25. The highest BCUT2D eigenvalue weighted by Gasteiger charge is 2.23. The average molecular weight is 399 g/mol. The van der Waals surface area contributed by atoms with Gasteiger partial charge in [0.2, 0.25) is 0 Å². The first-order chi connectivity index (χ1) is 14.6. The van der Waals surface area contributed by atoms with Gasteiger partial charge in [0.05, 0.1) is 17.8 Å². The summed E-state index contributed by atoms with van der Waals surface area (Å²) < 4.78 is 17.6. The number of nitriles is 1. The first-order valence-electron chi connectivity index (χ1n) is 9.29.